The first-order chi connectivity index (χ1) is 19.4. The van der Waals surface area contributed by atoms with E-state index in [1.807, 2.05) is 36.5 Å². The van der Waals surface area contributed by atoms with Gasteiger partial charge in [0.25, 0.3) is 0 Å². The number of carbonyl (C=O) groups is 2. The van der Waals surface area contributed by atoms with Gasteiger partial charge in [-0.05, 0) is 42.9 Å². The molecule has 1 aromatic heterocycles. The number of nitrogens with zero attached hydrogens (tertiary/aromatic N) is 3. The third-order valence-electron chi connectivity index (χ3n) is 7.92. The minimum atomic E-state index is -0.951. The zero-order valence-electron chi connectivity index (χ0n) is 22.1. The van der Waals surface area contributed by atoms with Gasteiger partial charge in [-0.3, -0.25) is 9.36 Å². The second-order valence-electron chi connectivity index (χ2n) is 10.4. The number of nitrogens with one attached hydrogen (secondary N) is 2. The summed E-state index contributed by atoms with van der Waals surface area (Å²) in [4.78, 5) is 45.0. The molecular formula is C29H33F2N5O4. The molecule has 3 aromatic rings. The lowest BCUT2D eigenvalue weighted by Crippen LogP contribution is -2.53. The SMILES string of the molecule is O=C(N[C@@H]1CC[C@@H](c2cccc(F)c2F)CN(CCO)C1=O)N1CCC(n2cc(-c3ccccc3)[nH]c2=O)CC1. The van der Waals surface area contributed by atoms with Crippen LogP contribution in [0.5, 0.6) is 0 Å². The van der Waals surface area contributed by atoms with Crippen LogP contribution < -0.4 is 11.0 Å². The molecule has 5 rings (SSSR count). The van der Waals surface area contributed by atoms with Crippen LogP contribution in [0.2, 0.25) is 0 Å². The number of likely N-dealkylation sites (tertiary alicyclic amines) is 2. The van der Waals surface area contributed by atoms with Crippen LogP contribution >= 0.6 is 0 Å². The van der Waals surface area contributed by atoms with Gasteiger partial charge in [-0.25, -0.2) is 18.4 Å². The zero-order valence-corrected chi connectivity index (χ0v) is 22.1. The maximum Gasteiger partial charge on any atom is 0.326 e. The lowest BCUT2D eigenvalue weighted by molar-refractivity contribution is -0.133. The van der Waals surface area contributed by atoms with Crippen LogP contribution in [0.1, 0.15) is 43.2 Å². The third-order valence-corrected chi connectivity index (χ3v) is 7.92. The Balaban J connectivity index is 1.22. The monoisotopic (exact) mass is 553 g/mol. The van der Waals surface area contributed by atoms with Gasteiger partial charge in [0.05, 0.1) is 12.3 Å². The number of aliphatic hydroxyl groups is 1. The van der Waals surface area contributed by atoms with Crippen molar-refractivity contribution in [1.82, 2.24) is 24.7 Å². The van der Waals surface area contributed by atoms with Gasteiger partial charge in [0.15, 0.2) is 11.6 Å². The number of β-amino-alcohol motifs (C(OH)–C–C–N with tert-alkyl or cyclic N) is 1. The number of H-pyrrole nitrogens is 1. The summed E-state index contributed by atoms with van der Waals surface area (Å²) < 4.78 is 30.1. The highest BCUT2D eigenvalue weighted by Crippen LogP contribution is 2.30. The van der Waals surface area contributed by atoms with Crippen molar-refractivity contribution in [3.05, 3.63) is 82.4 Å². The molecule has 3 N–H and O–H groups in total. The van der Waals surface area contributed by atoms with E-state index in [0.717, 1.165) is 17.3 Å². The Morgan fingerprint density at radius 1 is 1.00 bits per heavy atom. The van der Waals surface area contributed by atoms with Crippen LogP contribution in [0, 0.1) is 11.6 Å². The van der Waals surface area contributed by atoms with Crippen molar-refractivity contribution in [3.8, 4) is 11.3 Å². The number of piperidine rings is 1. The molecule has 0 aliphatic carbocycles. The Labute approximate surface area is 230 Å². The molecule has 3 heterocycles. The molecule has 0 spiro atoms. The fourth-order valence-corrected chi connectivity index (χ4v) is 5.74. The van der Waals surface area contributed by atoms with E-state index in [-0.39, 0.29) is 55.4 Å². The van der Waals surface area contributed by atoms with E-state index < -0.39 is 23.6 Å². The summed E-state index contributed by atoms with van der Waals surface area (Å²) in [6.45, 7) is 0.678. The first-order valence-electron chi connectivity index (χ1n) is 13.6. The summed E-state index contributed by atoms with van der Waals surface area (Å²) in [5.74, 6) is -2.71. The van der Waals surface area contributed by atoms with Crippen molar-refractivity contribution >= 4 is 11.9 Å². The van der Waals surface area contributed by atoms with Crippen molar-refractivity contribution in [3.63, 3.8) is 0 Å². The summed E-state index contributed by atoms with van der Waals surface area (Å²) in [7, 11) is 0. The minimum Gasteiger partial charge on any atom is -0.395 e. The molecule has 11 heteroatoms. The maximum atomic E-state index is 14.5. The van der Waals surface area contributed by atoms with E-state index in [9.17, 15) is 28.3 Å². The van der Waals surface area contributed by atoms with Gasteiger partial charge in [0.2, 0.25) is 5.91 Å². The Morgan fingerprint density at radius 2 is 1.75 bits per heavy atom. The van der Waals surface area contributed by atoms with Crippen molar-refractivity contribution in [2.45, 2.75) is 43.7 Å². The number of halogens is 2. The van der Waals surface area contributed by atoms with Crippen LogP contribution in [0.15, 0.2) is 59.5 Å². The van der Waals surface area contributed by atoms with E-state index in [0.29, 0.717) is 32.4 Å². The predicted molar refractivity (Wildman–Crippen MR) is 145 cm³/mol. The van der Waals surface area contributed by atoms with Gasteiger partial charge >= 0.3 is 11.7 Å². The number of benzene rings is 2. The van der Waals surface area contributed by atoms with Crippen LogP contribution in [-0.4, -0.2) is 75.2 Å². The second-order valence-corrected chi connectivity index (χ2v) is 10.4. The minimum absolute atomic E-state index is 0.0282. The van der Waals surface area contributed by atoms with Gasteiger partial charge < -0.3 is 25.2 Å². The molecule has 2 aromatic carbocycles. The van der Waals surface area contributed by atoms with Crippen LogP contribution in [0.4, 0.5) is 13.6 Å². The topological polar surface area (TPSA) is 111 Å². The molecule has 2 atom stereocenters. The van der Waals surface area contributed by atoms with Crippen molar-refractivity contribution in [2.75, 3.05) is 32.8 Å². The molecule has 0 saturated carbocycles. The molecule has 3 amide bonds. The number of amides is 3. The van der Waals surface area contributed by atoms with Gasteiger partial charge in [-0.2, -0.15) is 0 Å². The first kappa shape index (κ1) is 27.6. The summed E-state index contributed by atoms with van der Waals surface area (Å²) >= 11 is 0. The molecule has 0 unspecified atom stereocenters. The maximum absolute atomic E-state index is 14.5. The zero-order chi connectivity index (χ0) is 28.2. The molecule has 0 bridgehead atoms. The normalized spacial score (nSPS) is 20.4. The molecular weight excluding hydrogens is 520 g/mol. The highest BCUT2D eigenvalue weighted by Gasteiger charge is 2.35. The third kappa shape index (κ3) is 5.79. The fourth-order valence-electron chi connectivity index (χ4n) is 5.74. The number of hydrogen-bond donors (Lipinski definition) is 3. The molecule has 2 aliphatic rings. The molecule has 2 aliphatic heterocycles. The molecule has 2 fully saturated rings. The number of rotatable bonds is 6. The van der Waals surface area contributed by atoms with Gasteiger partial charge in [-0.15, -0.1) is 0 Å². The van der Waals surface area contributed by atoms with Gasteiger partial charge in [-0.1, -0.05) is 42.5 Å². The van der Waals surface area contributed by atoms with E-state index in [1.54, 1.807) is 9.47 Å². The van der Waals surface area contributed by atoms with Crippen molar-refractivity contribution in [1.29, 1.82) is 0 Å². The summed E-state index contributed by atoms with van der Waals surface area (Å²) in [5, 5.41) is 12.3. The number of urea groups is 1. The number of aromatic nitrogens is 2. The Morgan fingerprint density at radius 3 is 2.48 bits per heavy atom. The molecule has 212 valence electrons. The predicted octanol–water partition coefficient (Wildman–Crippen LogP) is 3.24. The van der Waals surface area contributed by atoms with Crippen molar-refractivity contribution in [2.24, 2.45) is 0 Å². The van der Waals surface area contributed by atoms with Gasteiger partial charge in [0.1, 0.15) is 6.04 Å². The molecule has 9 nitrogen and oxygen atoms in total. The Bertz CT molecular complexity index is 1400. The molecule has 0 radical (unpaired) electrons. The van der Waals surface area contributed by atoms with E-state index in [1.165, 1.54) is 17.0 Å². The lowest BCUT2D eigenvalue weighted by atomic mass is 9.93. The average molecular weight is 554 g/mol. The largest absolute Gasteiger partial charge is 0.395 e. The highest BCUT2D eigenvalue weighted by molar-refractivity contribution is 5.87. The quantitative estimate of drug-likeness (QED) is 0.435. The van der Waals surface area contributed by atoms with Gasteiger partial charge in [0, 0.05) is 44.3 Å². The highest BCUT2D eigenvalue weighted by atomic mass is 19.2. The first-order valence-corrected chi connectivity index (χ1v) is 13.6. The number of hydrogen-bond acceptors (Lipinski definition) is 4. The van der Waals surface area contributed by atoms with E-state index >= 15 is 0 Å². The Hall–Kier alpha value is -3.99. The number of carbonyl (C=O) groups excluding carboxylic acids is 2. The fraction of sp³-hybridized carbons (Fsp3) is 0.414. The number of aromatic amines is 1. The van der Waals surface area contributed by atoms with Crippen LogP contribution in [0.3, 0.4) is 0 Å². The summed E-state index contributed by atoms with van der Waals surface area (Å²) in [5.41, 5.74) is 1.64. The van der Waals surface area contributed by atoms with Crippen molar-refractivity contribution < 1.29 is 23.5 Å². The Kier molecular flexibility index (Phi) is 8.29. The summed E-state index contributed by atoms with van der Waals surface area (Å²) in [6, 6.07) is 12.3. The second kappa shape index (κ2) is 12.0. The van der Waals surface area contributed by atoms with Crippen LogP contribution in [-0.2, 0) is 4.79 Å². The average Bonchev–Trinajstić information content (AvgIpc) is 3.30. The van der Waals surface area contributed by atoms with E-state index in [4.69, 9.17) is 0 Å². The molecule has 40 heavy (non-hydrogen) atoms. The number of aliphatic hydroxyl groups excluding tert-OH is 1. The van der Waals surface area contributed by atoms with E-state index in [2.05, 4.69) is 10.3 Å². The van der Waals surface area contributed by atoms with Crippen LogP contribution in [0.25, 0.3) is 11.3 Å². The lowest BCUT2D eigenvalue weighted by Gasteiger charge is -2.33. The number of imidazole rings is 1. The smallest absolute Gasteiger partial charge is 0.326 e. The molecule has 2 saturated heterocycles. The standard InChI is InChI=1S/C29H33F2N5O4/c30-23-8-4-7-22(26(23)31)20-9-10-24(27(38)35(17-20)15-16-37)32-28(39)34-13-11-21(12-14-34)36-18-25(33-29(36)40)19-5-2-1-3-6-19/h1-8,18,20-21,24,37H,9-17H2,(H,32,39)(H,33,40)/t20-,24-/m1/s1. The summed E-state index contributed by atoms with van der Waals surface area (Å²) in [6.07, 6.45) is 3.59.